The van der Waals surface area contributed by atoms with Gasteiger partial charge in [0.15, 0.2) is 0 Å². The van der Waals surface area contributed by atoms with Crippen molar-refractivity contribution in [1.29, 1.82) is 0 Å². The second kappa shape index (κ2) is 4.83. The Kier molecular flexibility index (Phi) is 4.18. The molecule has 1 heterocycles. The third kappa shape index (κ3) is 2.72. The van der Waals surface area contributed by atoms with Crippen LogP contribution in [0.5, 0.6) is 0 Å². The van der Waals surface area contributed by atoms with Gasteiger partial charge in [-0.25, -0.2) is 4.98 Å². The van der Waals surface area contributed by atoms with Crippen LogP contribution in [0, 0.1) is 6.92 Å². The van der Waals surface area contributed by atoms with Gasteiger partial charge in [0.05, 0.1) is 4.47 Å². The quantitative estimate of drug-likeness (QED) is 0.782. The van der Waals surface area contributed by atoms with E-state index in [2.05, 4.69) is 69.6 Å². The van der Waals surface area contributed by atoms with Crippen molar-refractivity contribution in [3.63, 3.8) is 0 Å². The van der Waals surface area contributed by atoms with E-state index in [0.717, 1.165) is 15.6 Å². The lowest BCUT2D eigenvalue weighted by Crippen LogP contribution is -2.43. The maximum absolute atomic E-state index is 4.41. The van der Waals surface area contributed by atoms with Crippen LogP contribution < -0.4 is 4.90 Å². The van der Waals surface area contributed by atoms with Gasteiger partial charge in [-0.05, 0) is 48.3 Å². The van der Waals surface area contributed by atoms with Gasteiger partial charge in [-0.2, -0.15) is 0 Å². The summed E-state index contributed by atoms with van der Waals surface area (Å²) in [4.78, 5) is 6.59. The van der Waals surface area contributed by atoms with Gasteiger partial charge in [0, 0.05) is 24.1 Å². The van der Waals surface area contributed by atoms with Gasteiger partial charge in [0.25, 0.3) is 0 Å². The summed E-state index contributed by atoms with van der Waals surface area (Å²) in [6.45, 7) is 6.43. The average molecular weight is 336 g/mol. The largest absolute Gasteiger partial charge is 0.353 e. The van der Waals surface area contributed by atoms with Crippen LogP contribution in [0.3, 0.4) is 0 Å². The Hall–Kier alpha value is -0.0900. The number of alkyl halides is 1. The lowest BCUT2D eigenvalue weighted by atomic mass is 10.1. The molecule has 0 atom stereocenters. The maximum atomic E-state index is 4.41. The van der Waals surface area contributed by atoms with E-state index in [1.807, 2.05) is 12.3 Å². The van der Waals surface area contributed by atoms with Crippen LogP contribution in [0.4, 0.5) is 5.82 Å². The predicted molar refractivity (Wildman–Crippen MR) is 73.0 cm³/mol. The third-order valence-corrected chi connectivity index (χ3v) is 4.97. The molecule has 0 unspecified atom stereocenters. The summed E-state index contributed by atoms with van der Waals surface area (Å²) < 4.78 is 1.07. The van der Waals surface area contributed by atoms with Gasteiger partial charge in [0.1, 0.15) is 5.82 Å². The van der Waals surface area contributed by atoms with E-state index >= 15 is 0 Å². The Morgan fingerprint density at radius 1 is 1.47 bits per heavy atom. The number of aryl methyl sites for hydroxylation is 1. The molecule has 15 heavy (non-hydrogen) atoms. The number of rotatable bonds is 3. The first-order valence-electron chi connectivity index (χ1n) is 4.81. The van der Waals surface area contributed by atoms with Gasteiger partial charge in [-0.1, -0.05) is 15.9 Å². The van der Waals surface area contributed by atoms with E-state index in [-0.39, 0.29) is 5.54 Å². The highest BCUT2D eigenvalue weighted by Gasteiger charge is 2.24. The summed E-state index contributed by atoms with van der Waals surface area (Å²) in [5.41, 5.74) is 1.25. The highest BCUT2D eigenvalue weighted by Crippen LogP contribution is 2.30. The Labute approximate surface area is 108 Å². The molecule has 0 saturated heterocycles. The smallest absolute Gasteiger partial charge is 0.143 e. The van der Waals surface area contributed by atoms with Crippen LogP contribution in [-0.2, 0) is 0 Å². The van der Waals surface area contributed by atoms with Gasteiger partial charge >= 0.3 is 0 Å². The molecular formula is C11H16Br2N2. The molecule has 0 aliphatic rings. The van der Waals surface area contributed by atoms with Crippen molar-refractivity contribution < 1.29 is 0 Å². The molecule has 0 spiro atoms. The first-order valence-corrected chi connectivity index (χ1v) is 6.72. The van der Waals surface area contributed by atoms with Crippen molar-refractivity contribution >= 4 is 37.7 Å². The fourth-order valence-electron chi connectivity index (χ4n) is 1.14. The fraction of sp³-hybridized carbons (Fsp3) is 0.545. The molecule has 1 aromatic heterocycles. The van der Waals surface area contributed by atoms with E-state index in [1.165, 1.54) is 5.56 Å². The molecule has 1 aromatic rings. The van der Waals surface area contributed by atoms with Crippen molar-refractivity contribution in [2.24, 2.45) is 0 Å². The van der Waals surface area contributed by atoms with Crippen LogP contribution in [0.1, 0.15) is 19.4 Å². The van der Waals surface area contributed by atoms with E-state index in [0.29, 0.717) is 0 Å². The van der Waals surface area contributed by atoms with Crippen LogP contribution in [0.2, 0.25) is 0 Å². The summed E-state index contributed by atoms with van der Waals surface area (Å²) in [6.07, 6.45) is 1.84. The first-order chi connectivity index (χ1) is 6.90. The highest BCUT2D eigenvalue weighted by molar-refractivity contribution is 9.10. The van der Waals surface area contributed by atoms with Crippen molar-refractivity contribution in [2.45, 2.75) is 26.3 Å². The summed E-state index contributed by atoms with van der Waals surface area (Å²) in [5.74, 6) is 0.986. The molecule has 84 valence electrons. The molecule has 0 fully saturated rings. The molecule has 2 nitrogen and oxygen atoms in total. The third-order valence-electron chi connectivity index (χ3n) is 2.62. The molecule has 0 aromatic carbocycles. The Bertz CT molecular complexity index is 350. The standard InChI is InChI=1S/C11H16Br2N2/c1-8-5-6-14-10(9(8)13)15(4)11(2,3)7-12/h5-6H,7H2,1-4H3. The molecule has 0 bridgehead atoms. The van der Waals surface area contributed by atoms with Crippen molar-refractivity contribution in [2.75, 3.05) is 17.3 Å². The minimum Gasteiger partial charge on any atom is -0.353 e. The molecule has 1 rings (SSSR count). The average Bonchev–Trinajstić information content (AvgIpc) is 2.21. The lowest BCUT2D eigenvalue weighted by Gasteiger charge is -2.35. The SMILES string of the molecule is Cc1ccnc(N(C)C(C)(C)CBr)c1Br. The van der Waals surface area contributed by atoms with E-state index in [9.17, 15) is 0 Å². The van der Waals surface area contributed by atoms with E-state index in [4.69, 9.17) is 0 Å². The van der Waals surface area contributed by atoms with Gasteiger partial charge in [-0.15, -0.1) is 0 Å². The number of halogens is 2. The van der Waals surface area contributed by atoms with E-state index in [1.54, 1.807) is 0 Å². The van der Waals surface area contributed by atoms with E-state index < -0.39 is 0 Å². The number of pyridine rings is 1. The van der Waals surface area contributed by atoms with Crippen molar-refractivity contribution in [3.05, 3.63) is 22.3 Å². The van der Waals surface area contributed by atoms with Crippen LogP contribution in [-0.4, -0.2) is 22.9 Å². The summed E-state index contributed by atoms with van der Waals surface area (Å²) in [6, 6.07) is 2.00. The van der Waals surface area contributed by atoms with Crippen LogP contribution in [0.25, 0.3) is 0 Å². The monoisotopic (exact) mass is 334 g/mol. The maximum Gasteiger partial charge on any atom is 0.143 e. The molecular weight excluding hydrogens is 320 g/mol. The molecule has 0 radical (unpaired) electrons. The zero-order chi connectivity index (χ0) is 11.6. The predicted octanol–water partition coefficient (Wildman–Crippen LogP) is 3.76. The highest BCUT2D eigenvalue weighted by atomic mass is 79.9. The topological polar surface area (TPSA) is 16.1 Å². The minimum atomic E-state index is 0.0450. The lowest BCUT2D eigenvalue weighted by molar-refractivity contribution is 0.546. The van der Waals surface area contributed by atoms with Crippen LogP contribution in [0.15, 0.2) is 16.7 Å². The summed E-state index contributed by atoms with van der Waals surface area (Å²) in [7, 11) is 2.06. The Balaban J connectivity index is 3.12. The molecule has 4 heteroatoms. The minimum absolute atomic E-state index is 0.0450. The second-order valence-electron chi connectivity index (χ2n) is 4.27. The fourth-order valence-corrected chi connectivity index (χ4v) is 2.01. The van der Waals surface area contributed by atoms with Gasteiger partial charge in [0.2, 0.25) is 0 Å². The van der Waals surface area contributed by atoms with Crippen molar-refractivity contribution in [1.82, 2.24) is 4.98 Å². The number of hydrogen-bond acceptors (Lipinski definition) is 2. The number of anilines is 1. The summed E-state index contributed by atoms with van der Waals surface area (Å²) >= 11 is 7.11. The molecule has 0 N–H and O–H groups in total. The molecule has 0 amide bonds. The first kappa shape index (κ1) is 13.0. The molecule has 0 aliphatic carbocycles. The van der Waals surface area contributed by atoms with Gasteiger partial charge in [-0.3, -0.25) is 0 Å². The zero-order valence-electron chi connectivity index (χ0n) is 9.51. The number of aromatic nitrogens is 1. The zero-order valence-corrected chi connectivity index (χ0v) is 12.7. The van der Waals surface area contributed by atoms with Gasteiger partial charge < -0.3 is 4.90 Å². The molecule has 0 saturated carbocycles. The normalized spacial score (nSPS) is 11.6. The Morgan fingerprint density at radius 2 is 2.07 bits per heavy atom. The number of hydrogen-bond donors (Lipinski definition) is 0. The second-order valence-corrected chi connectivity index (χ2v) is 5.62. The van der Waals surface area contributed by atoms with Crippen LogP contribution >= 0.6 is 31.9 Å². The molecule has 0 aliphatic heterocycles. The van der Waals surface area contributed by atoms with Crippen molar-refractivity contribution in [3.8, 4) is 0 Å². The number of nitrogens with zero attached hydrogens (tertiary/aromatic N) is 2. The summed E-state index contributed by atoms with van der Waals surface area (Å²) in [5, 5.41) is 0.901. The Morgan fingerprint density at radius 3 is 2.60 bits per heavy atom.